The van der Waals surface area contributed by atoms with E-state index in [1.165, 1.54) is 5.56 Å². The third kappa shape index (κ3) is 2.14. The molecule has 0 aromatic heterocycles. The van der Waals surface area contributed by atoms with Gasteiger partial charge in [-0.1, -0.05) is 30.3 Å². The molecule has 2 heteroatoms. The van der Waals surface area contributed by atoms with Crippen LogP contribution in [0.5, 0.6) is 0 Å². The van der Waals surface area contributed by atoms with E-state index in [2.05, 4.69) is 0 Å². The average Bonchev–Trinajstić information content (AvgIpc) is 2.15. The Balaban J connectivity index is 1.83. The highest BCUT2D eigenvalue weighted by atomic mass is 16.5. The van der Waals surface area contributed by atoms with Gasteiger partial charge in [0.2, 0.25) is 0 Å². The molecule has 0 N–H and O–H groups in total. The quantitative estimate of drug-likeness (QED) is 0.721. The van der Waals surface area contributed by atoms with Crippen LogP contribution in [0, 0.1) is 0 Å². The summed E-state index contributed by atoms with van der Waals surface area (Å²) >= 11 is 0. The lowest BCUT2D eigenvalue weighted by Crippen LogP contribution is -2.45. The molecular weight excluding hydrogens is 176 g/mol. The summed E-state index contributed by atoms with van der Waals surface area (Å²) in [7, 11) is 0. The first kappa shape index (κ1) is 9.69. The number of hydrogen-bond donors (Lipinski definition) is 0. The highest BCUT2D eigenvalue weighted by molar-refractivity contribution is 5.13. The van der Waals surface area contributed by atoms with Gasteiger partial charge in [-0.15, -0.1) is 0 Å². The Hall–Kier alpha value is -0.860. The predicted octanol–water partition coefficient (Wildman–Crippen LogP) is 2.55. The van der Waals surface area contributed by atoms with Crippen LogP contribution in [0.1, 0.15) is 25.3 Å². The van der Waals surface area contributed by atoms with Gasteiger partial charge in [-0.05, 0) is 12.5 Å². The molecule has 0 spiro atoms. The van der Waals surface area contributed by atoms with Crippen molar-refractivity contribution in [2.75, 3.05) is 0 Å². The van der Waals surface area contributed by atoms with Gasteiger partial charge < -0.3 is 4.74 Å². The van der Waals surface area contributed by atoms with Crippen LogP contribution in [0.2, 0.25) is 0 Å². The van der Waals surface area contributed by atoms with Crippen LogP contribution in [-0.2, 0) is 16.5 Å². The van der Waals surface area contributed by atoms with E-state index in [1.54, 1.807) is 0 Å². The molecule has 1 aliphatic carbocycles. The Labute approximate surface area is 84.5 Å². The van der Waals surface area contributed by atoms with E-state index in [4.69, 9.17) is 4.74 Å². The van der Waals surface area contributed by atoms with Crippen LogP contribution in [-0.4, -0.2) is 11.7 Å². The Morgan fingerprint density at radius 1 is 1.36 bits per heavy atom. The van der Waals surface area contributed by atoms with Crippen molar-refractivity contribution in [2.45, 2.75) is 38.1 Å². The van der Waals surface area contributed by atoms with E-state index in [-0.39, 0.29) is 5.60 Å². The topological polar surface area (TPSA) is 29.1 Å². The molecule has 1 saturated carbocycles. The van der Waals surface area contributed by atoms with Crippen LogP contribution in [0.25, 0.3) is 0 Å². The van der Waals surface area contributed by atoms with E-state index in [1.807, 2.05) is 37.3 Å². The van der Waals surface area contributed by atoms with E-state index < -0.39 is 6.10 Å². The van der Waals surface area contributed by atoms with Crippen molar-refractivity contribution >= 4 is 0 Å². The minimum Gasteiger partial charge on any atom is -0.370 e. The van der Waals surface area contributed by atoms with Crippen molar-refractivity contribution in [1.29, 1.82) is 0 Å². The summed E-state index contributed by atoms with van der Waals surface area (Å²) < 4.78 is 5.72. The van der Waals surface area contributed by atoms with Crippen LogP contribution in [0.3, 0.4) is 0 Å². The summed E-state index contributed by atoms with van der Waals surface area (Å²) in [6.07, 6.45) is 0.899. The van der Waals surface area contributed by atoms with Gasteiger partial charge in [-0.2, -0.15) is 0 Å². The van der Waals surface area contributed by atoms with Crippen molar-refractivity contribution in [2.24, 2.45) is 0 Å². The van der Waals surface area contributed by atoms with E-state index in [0.717, 1.165) is 0 Å². The maximum Gasteiger partial charge on any atom is 0.0984 e. The third-order valence-corrected chi connectivity index (χ3v) is 2.75. The smallest absolute Gasteiger partial charge is 0.0984 e. The highest BCUT2D eigenvalue weighted by Gasteiger charge is 2.41. The average molecular weight is 191 g/mol. The number of rotatable bonds is 3. The molecule has 1 aromatic rings. The molecule has 1 aliphatic rings. The predicted molar refractivity (Wildman–Crippen MR) is 53.3 cm³/mol. The second kappa shape index (κ2) is 3.71. The molecule has 14 heavy (non-hydrogen) atoms. The van der Waals surface area contributed by atoms with Gasteiger partial charge in [0.15, 0.2) is 0 Å². The van der Waals surface area contributed by atoms with Crippen LogP contribution in [0.15, 0.2) is 30.3 Å². The van der Waals surface area contributed by atoms with Crippen LogP contribution in [0.4, 0.5) is 0 Å². The van der Waals surface area contributed by atoms with Gasteiger partial charge in [-0.3, -0.25) is 0 Å². The molecule has 1 radical (unpaired) electrons. The first-order valence-electron chi connectivity index (χ1n) is 5.02. The minimum atomic E-state index is -0.407. The van der Waals surface area contributed by atoms with Gasteiger partial charge in [0, 0.05) is 12.8 Å². The normalized spacial score (nSPS) is 31.1. The molecule has 0 saturated heterocycles. The number of ether oxygens (including phenoxy) is 1. The molecule has 0 unspecified atom stereocenters. The molecule has 2 nitrogen and oxygen atoms in total. The fraction of sp³-hybridized carbons (Fsp3) is 0.500. The zero-order valence-electron chi connectivity index (χ0n) is 8.40. The molecular formula is C12H15O2. The van der Waals surface area contributed by atoms with Crippen molar-refractivity contribution in [1.82, 2.24) is 0 Å². The molecule has 0 bridgehead atoms. The maximum atomic E-state index is 10.9. The Morgan fingerprint density at radius 3 is 2.57 bits per heavy atom. The zero-order chi connectivity index (χ0) is 10.0. The van der Waals surface area contributed by atoms with Gasteiger partial charge in [0.05, 0.1) is 18.3 Å². The first-order chi connectivity index (χ1) is 6.68. The first-order valence-corrected chi connectivity index (χ1v) is 5.02. The molecule has 0 amide bonds. The summed E-state index contributed by atoms with van der Waals surface area (Å²) in [4.78, 5) is 0. The van der Waals surface area contributed by atoms with Crippen molar-refractivity contribution < 1.29 is 9.84 Å². The fourth-order valence-corrected chi connectivity index (χ4v) is 1.85. The number of hydrogen-bond acceptors (Lipinski definition) is 1. The standard InChI is InChI=1S/C12H15O2/c1-12(7-11(13)8-12)14-9-10-5-3-2-4-6-10/h2-6,11H,7-9H2,1H3. The molecule has 0 heterocycles. The van der Waals surface area contributed by atoms with Crippen molar-refractivity contribution in [3.05, 3.63) is 35.9 Å². The Bertz CT molecular complexity index is 288. The SMILES string of the molecule is CC1(OCc2ccccc2)CC([O])C1. The van der Waals surface area contributed by atoms with Crippen LogP contribution >= 0.6 is 0 Å². The summed E-state index contributed by atoms with van der Waals surface area (Å²) in [5, 5.41) is 10.9. The molecule has 2 rings (SSSR count). The van der Waals surface area contributed by atoms with E-state index >= 15 is 0 Å². The lowest BCUT2D eigenvalue weighted by atomic mass is 9.79. The lowest BCUT2D eigenvalue weighted by molar-refractivity contribution is -0.167. The van der Waals surface area contributed by atoms with E-state index in [9.17, 15) is 5.11 Å². The van der Waals surface area contributed by atoms with Crippen molar-refractivity contribution in [3.8, 4) is 0 Å². The second-order valence-corrected chi connectivity index (χ2v) is 4.25. The van der Waals surface area contributed by atoms with Crippen molar-refractivity contribution in [3.63, 3.8) is 0 Å². The fourth-order valence-electron chi connectivity index (χ4n) is 1.85. The summed E-state index contributed by atoms with van der Waals surface area (Å²) in [6, 6.07) is 10.1. The summed E-state index contributed by atoms with van der Waals surface area (Å²) in [5.74, 6) is 0. The highest BCUT2D eigenvalue weighted by Crippen LogP contribution is 2.36. The van der Waals surface area contributed by atoms with Gasteiger partial charge in [0.25, 0.3) is 0 Å². The Morgan fingerprint density at radius 2 is 2.00 bits per heavy atom. The van der Waals surface area contributed by atoms with Crippen LogP contribution < -0.4 is 0 Å². The molecule has 0 aliphatic heterocycles. The second-order valence-electron chi connectivity index (χ2n) is 4.25. The largest absolute Gasteiger partial charge is 0.370 e. The Kier molecular flexibility index (Phi) is 2.57. The van der Waals surface area contributed by atoms with E-state index in [0.29, 0.717) is 19.4 Å². The molecule has 1 aromatic carbocycles. The third-order valence-electron chi connectivity index (χ3n) is 2.75. The maximum absolute atomic E-state index is 10.9. The molecule has 75 valence electrons. The van der Waals surface area contributed by atoms with Gasteiger partial charge >= 0.3 is 0 Å². The molecule has 0 atom stereocenters. The van der Waals surface area contributed by atoms with Gasteiger partial charge in [0.1, 0.15) is 0 Å². The lowest BCUT2D eigenvalue weighted by Gasteiger charge is -2.41. The number of benzene rings is 1. The molecule has 1 fully saturated rings. The minimum absolute atomic E-state index is 0.164. The zero-order valence-corrected chi connectivity index (χ0v) is 8.40. The summed E-state index contributed by atoms with van der Waals surface area (Å²) in [5.41, 5.74) is 1.01. The van der Waals surface area contributed by atoms with Gasteiger partial charge in [-0.25, -0.2) is 5.11 Å². The monoisotopic (exact) mass is 191 g/mol. The summed E-state index contributed by atoms with van der Waals surface area (Å²) in [6.45, 7) is 2.63.